The molecule has 0 atom stereocenters. The van der Waals surface area contributed by atoms with Crippen LogP contribution >= 0.6 is 11.6 Å². The smallest absolute Gasteiger partial charge is 0.158 e. The Kier molecular flexibility index (Phi) is 3.92. The Morgan fingerprint density at radius 1 is 1.00 bits per heavy atom. The van der Waals surface area contributed by atoms with Gasteiger partial charge in [-0.1, -0.05) is 28.9 Å². The summed E-state index contributed by atoms with van der Waals surface area (Å²) in [4.78, 5) is 0. The molecule has 0 fully saturated rings. The van der Waals surface area contributed by atoms with Crippen LogP contribution in [0.2, 0.25) is 5.02 Å². The topological polar surface area (TPSA) is 73.1 Å². The third kappa shape index (κ3) is 3.17. The van der Waals surface area contributed by atoms with Gasteiger partial charge in [-0.05, 0) is 35.9 Å². The van der Waals surface area contributed by atoms with Gasteiger partial charge in [0.05, 0.1) is 5.71 Å². The second kappa shape index (κ2) is 5.63. The molecule has 19 heavy (non-hydrogen) atoms. The van der Waals surface area contributed by atoms with E-state index in [0.717, 1.165) is 5.56 Å². The maximum absolute atomic E-state index is 9.44. The highest BCUT2D eigenvalue weighted by molar-refractivity contribution is 6.30. The van der Waals surface area contributed by atoms with Crippen LogP contribution in [0.4, 0.5) is 0 Å². The number of nitrogens with zero attached hydrogens (tertiary/aromatic N) is 1. The van der Waals surface area contributed by atoms with Gasteiger partial charge in [0.1, 0.15) is 0 Å². The number of rotatable bonds is 3. The zero-order valence-corrected chi connectivity index (χ0v) is 10.7. The van der Waals surface area contributed by atoms with Gasteiger partial charge < -0.3 is 15.4 Å². The highest BCUT2D eigenvalue weighted by atomic mass is 35.5. The molecule has 2 aromatic rings. The third-order valence-corrected chi connectivity index (χ3v) is 2.97. The highest BCUT2D eigenvalue weighted by Crippen LogP contribution is 2.25. The van der Waals surface area contributed by atoms with Crippen LogP contribution in [0.5, 0.6) is 11.5 Å². The van der Waals surface area contributed by atoms with Gasteiger partial charge in [-0.25, -0.2) is 0 Å². The number of hydrogen-bond acceptors (Lipinski definition) is 4. The molecule has 0 heterocycles. The van der Waals surface area contributed by atoms with Crippen molar-refractivity contribution in [3.05, 3.63) is 58.6 Å². The van der Waals surface area contributed by atoms with E-state index in [-0.39, 0.29) is 11.5 Å². The third-order valence-electron chi connectivity index (χ3n) is 2.71. The lowest BCUT2D eigenvalue weighted by atomic mass is 10.0. The molecular weight excluding hydrogens is 266 g/mol. The quantitative estimate of drug-likeness (QED) is 0.349. The van der Waals surface area contributed by atoms with Crippen molar-refractivity contribution in [3.8, 4) is 11.5 Å². The molecule has 0 aliphatic rings. The first-order valence-corrected chi connectivity index (χ1v) is 5.95. The van der Waals surface area contributed by atoms with Crippen LogP contribution in [0.1, 0.15) is 11.1 Å². The summed E-state index contributed by atoms with van der Waals surface area (Å²) in [6, 6.07) is 11.4. The number of phenolic OH excluding ortho intramolecular Hbond substituents is 2. The molecule has 0 spiro atoms. The number of benzene rings is 2. The molecule has 0 radical (unpaired) electrons. The van der Waals surface area contributed by atoms with Gasteiger partial charge in [0.15, 0.2) is 11.5 Å². The summed E-state index contributed by atoms with van der Waals surface area (Å²) in [6.45, 7) is 0. The van der Waals surface area contributed by atoms with Crippen LogP contribution in [-0.4, -0.2) is 21.1 Å². The average Bonchev–Trinajstić information content (AvgIpc) is 2.41. The van der Waals surface area contributed by atoms with Crippen LogP contribution in [0.25, 0.3) is 0 Å². The van der Waals surface area contributed by atoms with Gasteiger partial charge in [0, 0.05) is 17.0 Å². The number of halogens is 1. The van der Waals surface area contributed by atoms with E-state index in [1.807, 2.05) is 12.1 Å². The van der Waals surface area contributed by atoms with E-state index in [4.69, 9.17) is 16.8 Å². The van der Waals surface area contributed by atoms with Gasteiger partial charge in [0.25, 0.3) is 0 Å². The maximum Gasteiger partial charge on any atom is 0.158 e. The van der Waals surface area contributed by atoms with Crippen molar-refractivity contribution < 1.29 is 15.4 Å². The van der Waals surface area contributed by atoms with Crippen LogP contribution in [0, 0.1) is 0 Å². The van der Waals surface area contributed by atoms with Crippen molar-refractivity contribution >= 4 is 17.3 Å². The van der Waals surface area contributed by atoms with E-state index in [2.05, 4.69) is 5.16 Å². The van der Waals surface area contributed by atoms with Crippen LogP contribution in [-0.2, 0) is 6.42 Å². The Labute approximate surface area is 115 Å². The van der Waals surface area contributed by atoms with Crippen molar-refractivity contribution in [2.45, 2.75) is 6.42 Å². The molecule has 0 amide bonds. The summed E-state index contributed by atoms with van der Waals surface area (Å²) >= 11 is 5.80. The second-order valence-corrected chi connectivity index (χ2v) is 4.49. The number of phenols is 2. The minimum atomic E-state index is -0.255. The van der Waals surface area contributed by atoms with Gasteiger partial charge in [-0.2, -0.15) is 0 Å². The molecule has 98 valence electrons. The van der Waals surface area contributed by atoms with Crippen molar-refractivity contribution in [1.29, 1.82) is 0 Å². The molecule has 2 rings (SSSR count). The molecule has 2 aromatic carbocycles. The zero-order chi connectivity index (χ0) is 13.8. The lowest BCUT2D eigenvalue weighted by Crippen LogP contribution is -2.05. The summed E-state index contributed by atoms with van der Waals surface area (Å²) in [7, 11) is 0. The van der Waals surface area contributed by atoms with Crippen molar-refractivity contribution in [1.82, 2.24) is 0 Å². The van der Waals surface area contributed by atoms with Crippen LogP contribution < -0.4 is 0 Å². The maximum atomic E-state index is 9.44. The van der Waals surface area contributed by atoms with Gasteiger partial charge >= 0.3 is 0 Å². The summed E-state index contributed by atoms with van der Waals surface area (Å²) in [6.07, 6.45) is 0.387. The number of hydrogen-bond donors (Lipinski definition) is 3. The highest BCUT2D eigenvalue weighted by Gasteiger charge is 2.09. The molecule has 0 saturated heterocycles. The molecular formula is C14H12ClNO3. The van der Waals surface area contributed by atoms with Crippen LogP contribution in [0.15, 0.2) is 47.6 Å². The molecule has 5 heteroatoms. The molecule has 0 saturated carbocycles. The molecule has 4 nitrogen and oxygen atoms in total. The Morgan fingerprint density at radius 2 is 1.68 bits per heavy atom. The molecule has 0 aliphatic carbocycles. The molecule has 3 N–H and O–H groups in total. The Balaban J connectivity index is 2.25. The summed E-state index contributed by atoms with van der Waals surface area (Å²) in [5, 5.41) is 31.6. The van der Waals surface area contributed by atoms with Crippen molar-refractivity contribution in [2.75, 3.05) is 0 Å². The normalized spacial score (nSPS) is 11.5. The van der Waals surface area contributed by atoms with E-state index < -0.39 is 0 Å². The molecule has 0 bridgehead atoms. The minimum absolute atomic E-state index is 0.215. The van der Waals surface area contributed by atoms with Crippen molar-refractivity contribution in [3.63, 3.8) is 0 Å². The second-order valence-electron chi connectivity index (χ2n) is 4.05. The average molecular weight is 278 g/mol. The summed E-state index contributed by atoms with van der Waals surface area (Å²) in [5.74, 6) is -0.470. The number of aromatic hydroxyl groups is 2. The van der Waals surface area contributed by atoms with Gasteiger partial charge in [0.2, 0.25) is 0 Å². The van der Waals surface area contributed by atoms with Crippen molar-refractivity contribution in [2.24, 2.45) is 5.16 Å². The number of oxime groups is 1. The Morgan fingerprint density at radius 3 is 2.26 bits per heavy atom. The van der Waals surface area contributed by atoms with E-state index in [1.165, 1.54) is 12.1 Å². The predicted octanol–water partition coefficient (Wildman–Crippen LogP) is 3.17. The van der Waals surface area contributed by atoms with Gasteiger partial charge in [-0.15, -0.1) is 0 Å². The Hall–Kier alpha value is -2.20. The minimum Gasteiger partial charge on any atom is -0.504 e. The molecule has 0 aliphatic heterocycles. The first kappa shape index (κ1) is 13.2. The van der Waals surface area contributed by atoms with E-state index in [1.54, 1.807) is 18.2 Å². The van der Waals surface area contributed by atoms with E-state index >= 15 is 0 Å². The Bertz CT molecular complexity index is 609. The van der Waals surface area contributed by atoms with E-state index in [9.17, 15) is 10.2 Å². The fraction of sp³-hybridized carbons (Fsp3) is 0.0714. The predicted molar refractivity (Wildman–Crippen MR) is 73.3 cm³/mol. The standard InChI is InChI=1S/C14H12ClNO3/c15-11-4-1-9(2-5-11)7-12(16-19)10-3-6-13(17)14(18)8-10/h1-6,8,17-19H,7H2/b16-12+. The van der Waals surface area contributed by atoms with Crippen LogP contribution in [0.3, 0.4) is 0 Å². The SMILES string of the molecule is O/N=C(\Cc1ccc(Cl)cc1)c1ccc(O)c(O)c1. The largest absolute Gasteiger partial charge is 0.504 e. The molecule has 0 unspecified atom stereocenters. The lowest BCUT2D eigenvalue weighted by Gasteiger charge is -2.06. The monoisotopic (exact) mass is 277 g/mol. The first-order chi connectivity index (χ1) is 9.10. The molecule has 0 aromatic heterocycles. The first-order valence-electron chi connectivity index (χ1n) is 5.58. The summed E-state index contributed by atoms with van der Waals surface area (Å²) in [5.41, 5.74) is 1.84. The fourth-order valence-corrected chi connectivity index (χ4v) is 1.82. The zero-order valence-electron chi connectivity index (χ0n) is 9.92. The fourth-order valence-electron chi connectivity index (χ4n) is 1.69. The summed E-state index contributed by atoms with van der Waals surface area (Å²) < 4.78 is 0. The van der Waals surface area contributed by atoms with E-state index in [0.29, 0.717) is 22.7 Å². The lowest BCUT2D eigenvalue weighted by molar-refractivity contribution is 0.318. The van der Waals surface area contributed by atoms with Gasteiger partial charge in [-0.3, -0.25) is 0 Å².